The lowest BCUT2D eigenvalue weighted by atomic mass is 9.81. The van der Waals surface area contributed by atoms with Crippen molar-refractivity contribution in [3.63, 3.8) is 0 Å². The van der Waals surface area contributed by atoms with Gasteiger partial charge in [0.2, 0.25) is 0 Å². The Morgan fingerprint density at radius 2 is 1.83 bits per heavy atom. The van der Waals surface area contributed by atoms with E-state index in [1.165, 1.54) is 0 Å². The van der Waals surface area contributed by atoms with Gasteiger partial charge in [-0.05, 0) is 42.6 Å². The molecule has 1 aliphatic rings. The van der Waals surface area contributed by atoms with Crippen LogP contribution in [0.2, 0.25) is 0 Å². The summed E-state index contributed by atoms with van der Waals surface area (Å²) >= 11 is 5.41. The molecular formula is C22H21N3O3S. The summed E-state index contributed by atoms with van der Waals surface area (Å²) < 4.78 is 10.7. The second kappa shape index (κ2) is 8.73. The van der Waals surface area contributed by atoms with Crippen molar-refractivity contribution in [2.24, 2.45) is 0 Å². The smallest absolute Gasteiger partial charge is 0.254 e. The number of anilines is 1. The van der Waals surface area contributed by atoms with Crippen molar-refractivity contribution in [2.45, 2.75) is 12.8 Å². The summed E-state index contributed by atoms with van der Waals surface area (Å²) in [6.07, 6.45) is 0. The van der Waals surface area contributed by atoms with Crippen LogP contribution in [0.1, 0.15) is 18.4 Å². The highest BCUT2D eigenvalue weighted by molar-refractivity contribution is 7.80. The molecule has 0 fully saturated rings. The molecule has 0 aliphatic carbocycles. The molecule has 0 aromatic heterocycles. The number of methoxy groups -OCH3 is 2. The molecule has 1 aliphatic heterocycles. The van der Waals surface area contributed by atoms with E-state index in [1.807, 2.05) is 36.4 Å². The second-order valence-electron chi connectivity index (χ2n) is 6.40. The molecule has 1 atom stereocenters. The molecule has 6 nitrogen and oxygen atoms in total. The third kappa shape index (κ3) is 4.06. The van der Waals surface area contributed by atoms with Gasteiger partial charge in [-0.3, -0.25) is 10.2 Å². The Balaban J connectivity index is 2.11. The topological polar surface area (TPSA) is 83.4 Å². The molecule has 1 heterocycles. The monoisotopic (exact) mass is 407 g/mol. The molecular weight excluding hydrogens is 386 g/mol. The molecule has 3 N–H and O–H groups in total. The summed E-state index contributed by atoms with van der Waals surface area (Å²) in [7, 11) is 3.11. The number of hydrogen-bond donors (Lipinski definition) is 3. The van der Waals surface area contributed by atoms with Crippen molar-refractivity contribution in [3.8, 4) is 11.5 Å². The van der Waals surface area contributed by atoms with E-state index >= 15 is 0 Å². The Morgan fingerprint density at radius 3 is 2.45 bits per heavy atom. The van der Waals surface area contributed by atoms with Crippen molar-refractivity contribution in [1.29, 1.82) is 5.41 Å². The summed E-state index contributed by atoms with van der Waals surface area (Å²) in [5.41, 5.74) is 2.93. The van der Waals surface area contributed by atoms with Gasteiger partial charge >= 0.3 is 0 Å². The van der Waals surface area contributed by atoms with Gasteiger partial charge in [0.1, 0.15) is 4.99 Å². The van der Waals surface area contributed by atoms with E-state index in [1.54, 1.807) is 33.3 Å². The van der Waals surface area contributed by atoms with Crippen LogP contribution in [0.15, 0.2) is 65.4 Å². The van der Waals surface area contributed by atoms with E-state index in [0.717, 1.165) is 5.56 Å². The molecule has 7 heteroatoms. The highest BCUT2D eigenvalue weighted by atomic mass is 32.1. The molecule has 2 aromatic carbocycles. The van der Waals surface area contributed by atoms with Crippen LogP contribution < -0.4 is 20.1 Å². The Bertz CT molecular complexity index is 1040. The van der Waals surface area contributed by atoms with Crippen LogP contribution in [0.25, 0.3) is 0 Å². The molecule has 0 bridgehead atoms. The van der Waals surface area contributed by atoms with E-state index in [-0.39, 0.29) is 5.91 Å². The van der Waals surface area contributed by atoms with Crippen molar-refractivity contribution in [3.05, 3.63) is 70.9 Å². The summed E-state index contributed by atoms with van der Waals surface area (Å²) in [5.74, 6) is 2.67. The summed E-state index contributed by atoms with van der Waals surface area (Å²) in [6, 6.07) is 14.6. The number of para-hydroxylation sites is 1. The average Bonchev–Trinajstić information content (AvgIpc) is 2.73. The summed E-state index contributed by atoms with van der Waals surface area (Å²) in [4.78, 5) is 13.6. The summed E-state index contributed by atoms with van der Waals surface area (Å²) in [6.45, 7) is 1.79. The molecule has 3 rings (SSSR count). The number of hydrogen-bond acceptors (Lipinski definition) is 5. The zero-order chi connectivity index (χ0) is 21.0. The van der Waals surface area contributed by atoms with E-state index < -0.39 is 5.92 Å². The molecule has 148 valence electrons. The third-order valence-corrected chi connectivity index (χ3v) is 5.00. The fourth-order valence-corrected chi connectivity index (χ4v) is 3.63. The molecule has 0 saturated carbocycles. The van der Waals surface area contributed by atoms with Gasteiger partial charge in [-0.25, -0.2) is 0 Å². The minimum absolute atomic E-state index is 0.281. The molecule has 2 aromatic rings. The molecule has 0 radical (unpaired) electrons. The number of carbonyl (C=O) groups is 1. The van der Waals surface area contributed by atoms with Crippen molar-refractivity contribution >= 4 is 34.7 Å². The maximum absolute atomic E-state index is 13.2. The van der Waals surface area contributed by atoms with Gasteiger partial charge in [-0.2, -0.15) is 0 Å². The van der Waals surface area contributed by atoms with E-state index in [9.17, 15) is 4.79 Å². The minimum Gasteiger partial charge on any atom is -0.493 e. The number of allylic oxidation sites excluding steroid dienone is 1. The summed E-state index contributed by atoms with van der Waals surface area (Å²) in [5, 5.41) is 13.7. The number of thiocarbonyl (C=S) groups is 1. The Kier molecular flexibility index (Phi) is 6.12. The predicted octanol–water partition coefficient (Wildman–Crippen LogP) is 3.81. The third-order valence-electron chi connectivity index (χ3n) is 4.68. The van der Waals surface area contributed by atoms with Gasteiger partial charge in [0, 0.05) is 17.0 Å². The lowest BCUT2D eigenvalue weighted by molar-refractivity contribution is -0.113. The van der Waals surface area contributed by atoms with Gasteiger partial charge in [0.05, 0.1) is 25.7 Å². The molecule has 0 spiro atoms. The first kappa shape index (κ1) is 20.3. The normalized spacial score (nSPS) is 16.0. The number of benzene rings is 2. The van der Waals surface area contributed by atoms with Gasteiger partial charge in [-0.15, -0.1) is 0 Å². The van der Waals surface area contributed by atoms with Gasteiger partial charge in [0.25, 0.3) is 5.91 Å². The number of amides is 1. The standard InChI is InChI=1S/C22H21N3O3S/c1-13-19(21(26)25-15-7-5-4-6-8-15)20(16(12-23)22(29)24-13)14-9-10-17(27-2)18(11-14)28-3/h4-11,20,23H,1-3H3,(H,24,29)(H,25,26). The van der Waals surface area contributed by atoms with Gasteiger partial charge in [-0.1, -0.05) is 36.5 Å². The van der Waals surface area contributed by atoms with E-state index in [4.69, 9.17) is 27.1 Å². The van der Waals surface area contributed by atoms with Crippen LogP contribution >= 0.6 is 12.2 Å². The first-order valence-electron chi connectivity index (χ1n) is 8.90. The second-order valence-corrected chi connectivity index (χ2v) is 6.81. The number of rotatable bonds is 5. The number of nitrogens with one attached hydrogen (secondary N) is 3. The number of carbonyl (C=O) groups excluding carboxylic acids is 1. The Labute approximate surface area is 174 Å². The zero-order valence-electron chi connectivity index (χ0n) is 16.3. The largest absolute Gasteiger partial charge is 0.493 e. The Hall–Kier alpha value is -3.41. The van der Waals surface area contributed by atoms with Crippen molar-refractivity contribution in [1.82, 2.24) is 5.32 Å². The fraction of sp³-hybridized carbons (Fsp3) is 0.182. The van der Waals surface area contributed by atoms with Crippen LogP contribution in [0.3, 0.4) is 0 Å². The maximum Gasteiger partial charge on any atom is 0.254 e. The highest BCUT2D eigenvalue weighted by Crippen LogP contribution is 2.40. The van der Waals surface area contributed by atoms with Crippen LogP contribution in [0.5, 0.6) is 11.5 Å². The molecule has 29 heavy (non-hydrogen) atoms. The van der Waals surface area contributed by atoms with Crippen LogP contribution in [-0.2, 0) is 4.79 Å². The molecule has 0 saturated heterocycles. The van der Waals surface area contributed by atoms with Crippen molar-refractivity contribution < 1.29 is 14.3 Å². The predicted molar refractivity (Wildman–Crippen MR) is 117 cm³/mol. The van der Waals surface area contributed by atoms with Gasteiger partial charge in [0.15, 0.2) is 11.5 Å². The average molecular weight is 407 g/mol. The Morgan fingerprint density at radius 1 is 1.14 bits per heavy atom. The lowest BCUT2D eigenvalue weighted by Gasteiger charge is -2.30. The quantitative estimate of drug-likeness (QED) is 0.399. The van der Waals surface area contributed by atoms with Gasteiger partial charge < -0.3 is 20.1 Å². The van der Waals surface area contributed by atoms with Crippen LogP contribution in [0, 0.1) is 5.41 Å². The first-order chi connectivity index (χ1) is 14.0. The molecule has 1 unspecified atom stereocenters. The van der Waals surface area contributed by atoms with Crippen LogP contribution in [-0.4, -0.2) is 31.0 Å². The van der Waals surface area contributed by atoms with E-state index in [2.05, 4.69) is 16.5 Å². The zero-order valence-corrected chi connectivity index (χ0v) is 17.1. The first-order valence-corrected chi connectivity index (χ1v) is 9.31. The minimum atomic E-state index is -0.565. The maximum atomic E-state index is 13.2. The van der Waals surface area contributed by atoms with Crippen LogP contribution in [0.4, 0.5) is 5.69 Å². The lowest BCUT2D eigenvalue weighted by Crippen LogP contribution is -2.36. The highest BCUT2D eigenvalue weighted by Gasteiger charge is 2.35. The number of ether oxygens (including phenoxy) is 2. The fourth-order valence-electron chi connectivity index (χ4n) is 3.31. The SMILES string of the molecule is COc1ccc(C2C(=C=N)C(=S)NC(C)=C2C(=O)Nc2ccccc2)cc1OC. The van der Waals surface area contributed by atoms with E-state index in [0.29, 0.717) is 39.0 Å². The molecule has 1 amide bonds. The van der Waals surface area contributed by atoms with Crippen molar-refractivity contribution in [2.75, 3.05) is 19.5 Å².